The van der Waals surface area contributed by atoms with Crippen LogP contribution >= 0.6 is 0 Å². The SMILES string of the molecule is NCc1ccc(OCC2CCCCC2)c(C(F)(F)F)c1. The van der Waals surface area contributed by atoms with Gasteiger partial charge in [-0.2, -0.15) is 13.2 Å². The Labute approximate surface area is 117 Å². The Morgan fingerprint density at radius 3 is 2.45 bits per heavy atom. The first kappa shape index (κ1) is 15.2. The Bertz CT molecular complexity index is 439. The van der Waals surface area contributed by atoms with Crippen molar-refractivity contribution in [1.82, 2.24) is 0 Å². The molecule has 2 rings (SSSR count). The summed E-state index contributed by atoms with van der Waals surface area (Å²) in [5.41, 5.74) is 5.13. The second-order valence-corrected chi connectivity index (χ2v) is 5.35. The lowest BCUT2D eigenvalue weighted by Crippen LogP contribution is -2.17. The van der Waals surface area contributed by atoms with E-state index in [2.05, 4.69) is 0 Å². The van der Waals surface area contributed by atoms with E-state index in [9.17, 15) is 13.2 Å². The minimum atomic E-state index is -4.41. The van der Waals surface area contributed by atoms with E-state index in [1.807, 2.05) is 0 Å². The van der Waals surface area contributed by atoms with E-state index < -0.39 is 11.7 Å². The molecule has 2 nitrogen and oxygen atoms in total. The fourth-order valence-corrected chi connectivity index (χ4v) is 2.61. The molecule has 0 heterocycles. The zero-order chi connectivity index (χ0) is 14.6. The number of alkyl halides is 3. The summed E-state index contributed by atoms with van der Waals surface area (Å²) in [7, 11) is 0. The molecule has 112 valence electrons. The molecule has 1 aromatic rings. The van der Waals surface area contributed by atoms with E-state index in [1.165, 1.54) is 12.5 Å². The van der Waals surface area contributed by atoms with Crippen molar-refractivity contribution < 1.29 is 17.9 Å². The Kier molecular flexibility index (Phi) is 4.91. The molecule has 0 atom stereocenters. The second-order valence-electron chi connectivity index (χ2n) is 5.35. The average Bonchev–Trinajstić information content (AvgIpc) is 2.45. The molecule has 1 aliphatic rings. The molecule has 20 heavy (non-hydrogen) atoms. The van der Waals surface area contributed by atoms with Gasteiger partial charge in [0.25, 0.3) is 0 Å². The van der Waals surface area contributed by atoms with Gasteiger partial charge in [0.05, 0.1) is 12.2 Å². The molecule has 0 radical (unpaired) electrons. The number of benzene rings is 1. The third-order valence-electron chi connectivity index (χ3n) is 3.78. The summed E-state index contributed by atoms with van der Waals surface area (Å²) in [6.45, 7) is 0.455. The van der Waals surface area contributed by atoms with Crippen LogP contribution in [0.1, 0.15) is 43.2 Å². The maximum absolute atomic E-state index is 13.0. The van der Waals surface area contributed by atoms with E-state index in [1.54, 1.807) is 6.07 Å². The predicted molar refractivity (Wildman–Crippen MR) is 71.4 cm³/mol. The molecule has 1 aliphatic carbocycles. The van der Waals surface area contributed by atoms with Crippen molar-refractivity contribution in [3.05, 3.63) is 29.3 Å². The van der Waals surface area contributed by atoms with Gasteiger partial charge in [-0.25, -0.2) is 0 Å². The Morgan fingerprint density at radius 1 is 1.15 bits per heavy atom. The number of ether oxygens (including phenoxy) is 1. The summed E-state index contributed by atoms with van der Waals surface area (Å²) >= 11 is 0. The molecular formula is C15H20F3NO. The van der Waals surface area contributed by atoms with Crippen molar-refractivity contribution in [1.29, 1.82) is 0 Å². The molecule has 0 spiro atoms. The second kappa shape index (κ2) is 6.48. The van der Waals surface area contributed by atoms with E-state index in [0.717, 1.165) is 31.7 Å². The summed E-state index contributed by atoms with van der Waals surface area (Å²) in [6.07, 6.45) is 1.19. The van der Waals surface area contributed by atoms with Crippen LogP contribution in [0.15, 0.2) is 18.2 Å². The molecule has 5 heteroatoms. The highest BCUT2D eigenvalue weighted by Gasteiger charge is 2.34. The monoisotopic (exact) mass is 287 g/mol. The lowest BCUT2D eigenvalue weighted by molar-refractivity contribution is -0.139. The van der Waals surface area contributed by atoms with Crippen LogP contribution < -0.4 is 10.5 Å². The Hall–Kier alpha value is -1.23. The zero-order valence-corrected chi connectivity index (χ0v) is 11.4. The molecule has 2 N–H and O–H groups in total. The van der Waals surface area contributed by atoms with Gasteiger partial charge in [0.2, 0.25) is 0 Å². The van der Waals surface area contributed by atoms with Crippen molar-refractivity contribution in [3.63, 3.8) is 0 Å². The summed E-state index contributed by atoms with van der Waals surface area (Å²) in [6, 6.07) is 4.05. The number of halogens is 3. The van der Waals surface area contributed by atoms with Gasteiger partial charge >= 0.3 is 6.18 Å². The summed E-state index contributed by atoms with van der Waals surface area (Å²) in [5.74, 6) is 0.291. The van der Waals surface area contributed by atoms with Crippen molar-refractivity contribution in [2.75, 3.05) is 6.61 Å². The first-order chi connectivity index (χ1) is 9.50. The average molecular weight is 287 g/mol. The van der Waals surface area contributed by atoms with E-state index in [0.29, 0.717) is 18.1 Å². The standard InChI is InChI=1S/C15H20F3NO/c16-15(17,18)13-8-12(9-19)6-7-14(13)20-10-11-4-2-1-3-5-11/h6-8,11H,1-5,9-10,19H2. The number of nitrogens with two attached hydrogens (primary N) is 1. The number of hydrogen-bond acceptors (Lipinski definition) is 2. The van der Waals surface area contributed by atoms with Crippen LogP contribution in [0.2, 0.25) is 0 Å². The molecule has 0 aromatic heterocycles. The van der Waals surface area contributed by atoms with Gasteiger partial charge in [-0.15, -0.1) is 0 Å². The van der Waals surface area contributed by atoms with E-state index >= 15 is 0 Å². The largest absolute Gasteiger partial charge is 0.493 e. The fourth-order valence-electron chi connectivity index (χ4n) is 2.61. The smallest absolute Gasteiger partial charge is 0.419 e. The van der Waals surface area contributed by atoms with Gasteiger partial charge < -0.3 is 10.5 Å². The van der Waals surface area contributed by atoms with Crippen LogP contribution in [0.3, 0.4) is 0 Å². The number of hydrogen-bond donors (Lipinski definition) is 1. The number of rotatable bonds is 4. The van der Waals surface area contributed by atoms with Crippen LogP contribution in [0.25, 0.3) is 0 Å². The van der Waals surface area contributed by atoms with Gasteiger partial charge in [-0.1, -0.05) is 25.3 Å². The van der Waals surface area contributed by atoms with Crippen LogP contribution in [-0.4, -0.2) is 6.61 Å². The van der Waals surface area contributed by atoms with Crippen LogP contribution in [-0.2, 0) is 12.7 Å². The normalized spacial score (nSPS) is 17.2. The van der Waals surface area contributed by atoms with Crippen molar-refractivity contribution in [2.45, 2.75) is 44.8 Å². The van der Waals surface area contributed by atoms with Crippen molar-refractivity contribution in [3.8, 4) is 5.75 Å². The fraction of sp³-hybridized carbons (Fsp3) is 0.600. The van der Waals surface area contributed by atoms with Gasteiger partial charge in [0, 0.05) is 6.54 Å². The molecule has 0 aliphatic heterocycles. The first-order valence-corrected chi connectivity index (χ1v) is 7.03. The first-order valence-electron chi connectivity index (χ1n) is 7.03. The summed E-state index contributed by atoms with van der Waals surface area (Å²) in [5, 5.41) is 0. The molecule has 0 bridgehead atoms. The Balaban J connectivity index is 2.09. The van der Waals surface area contributed by atoms with Gasteiger partial charge in [0.1, 0.15) is 5.75 Å². The predicted octanol–water partition coefficient (Wildman–Crippen LogP) is 4.12. The van der Waals surface area contributed by atoms with Crippen LogP contribution in [0.5, 0.6) is 5.75 Å². The third-order valence-corrected chi connectivity index (χ3v) is 3.78. The lowest BCUT2D eigenvalue weighted by atomic mass is 9.90. The zero-order valence-electron chi connectivity index (χ0n) is 11.4. The third kappa shape index (κ3) is 3.88. The molecule has 0 unspecified atom stereocenters. The molecule has 0 amide bonds. The minimum Gasteiger partial charge on any atom is -0.493 e. The van der Waals surface area contributed by atoms with Gasteiger partial charge in [-0.3, -0.25) is 0 Å². The Morgan fingerprint density at radius 2 is 1.85 bits per heavy atom. The quantitative estimate of drug-likeness (QED) is 0.904. The maximum atomic E-state index is 13.0. The van der Waals surface area contributed by atoms with Crippen LogP contribution in [0.4, 0.5) is 13.2 Å². The molecular weight excluding hydrogens is 267 g/mol. The lowest BCUT2D eigenvalue weighted by Gasteiger charge is -2.23. The highest BCUT2D eigenvalue weighted by atomic mass is 19.4. The summed E-state index contributed by atoms with van der Waals surface area (Å²) < 4.78 is 44.5. The van der Waals surface area contributed by atoms with Crippen molar-refractivity contribution >= 4 is 0 Å². The minimum absolute atomic E-state index is 0.0831. The van der Waals surface area contributed by atoms with Crippen LogP contribution in [0, 0.1) is 5.92 Å². The molecule has 1 fully saturated rings. The molecule has 1 saturated carbocycles. The van der Waals surface area contributed by atoms with E-state index in [-0.39, 0.29) is 12.3 Å². The van der Waals surface area contributed by atoms with E-state index in [4.69, 9.17) is 10.5 Å². The van der Waals surface area contributed by atoms with Gasteiger partial charge in [0.15, 0.2) is 0 Å². The van der Waals surface area contributed by atoms with Gasteiger partial charge in [-0.05, 0) is 36.5 Å². The highest BCUT2D eigenvalue weighted by molar-refractivity contribution is 5.39. The molecule has 0 saturated heterocycles. The molecule has 1 aromatic carbocycles. The topological polar surface area (TPSA) is 35.2 Å². The van der Waals surface area contributed by atoms with Crippen molar-refractivity contribution in [2.24, 2.45) is 11.7 Å². The highest BCUT2D eigenvalue weighted by Crippen LogP contribution is 2.37. The summed E-state index contributed by atoms with van der Waals surface area (Å²) in [4.78, 5) is 0. The maximum Gasteiger partial charge on any atom is 0.419 e.